The van der Waals surface area contributed by atoms with Crippen LogP contribution < -0.4 is 0 Å². The topological polar surface area (TPSA) is 86.5 Å². The van der Waals surface area contributed by atoms with Gasteiger partial charge in [-0.3, -0.25) is 0 Å². The number of hydrogen-bond donors (Lipinski definition) is 3. The lowest BCUT2D eigenvalue weighted by Crippen LogP contribution is -1.97. The first-order valence-corrected chi connectivity index (χ1v) is 5.08. The van der Waals surface area contributed by atoms with E-state index in [0.717, 1.165) is 5.69 Å². The Morgan fingerprint density at radius 3 is 2.47 bits per heavy atom. The minimum Gasteiger partial charge on any atom is -0.504 e. The van der Waals surface area contributed by atoms with Crippen molar-refractivity contribution in [3.63, 3.8) is 0 Å². The summed E-state index contributed by atoms with van der Waals surface area (Å²) in [4.78, 5) is 8.35. The van der Waals surface area contributed by atoms with E-state index >= 15 is 0 Å². The van der Waals surface area contributed by atoms with E-state index in [1.807, 2.05) is 0 Å². The third-order valence-electron chi connectivity index (χ3n) is 2.30. The Hall–Kier alpha value is -2.14. The molecule has 17 heavy (non-hydrogen) atoms. The van der Waals surface area contributed by atoms with E-state index in [2.05, 4.69) is 9.97 Å². The summed E-state index contributed by atoms with van der Waals surface area (Å²) in [6.07, 6.45) is 0. The number of nitrogens with zero attached hydrogens (tertiary/aromatic N) is 2. The number of benzene rings is 1. The summed E-state index contributed by atoms with van der Waals surface area (Å²) in [5, 5.41) is 27.7. The van der Waals surface area contributed by atoms with Gasteiger partial charge in [0.2, 0.25) is 0 Å². The summed E-state index contributed by atoms with van der Waals surface area (Å²) in [5.41, 5.74) is 1.82. The molecular weight excluding hydrogens is 220 g/mol. The second-order valence-electron chi connectivity index (χ2n) is 3.69. The quantitative estimate of drug-likeness (QED) is 0.680. The third-order valence-corrected chi connectivity index (χ3v) is 2.30. The molecule has 0 aliphatic carbocycles. The van der Waals surface area contributed by atoms with Crippen LogP contribution in [-0.2, 0) is 6.61 Å². The maximum atomic E-state index is 9.40. The van der Waals surface area contributed by atoms with E-state index in [9.17, 15) is 10.2 Å². The summed E-state index contributed by atoms with van der Waals surface area (Å²) >= 11 is 0. The highest BCUT2D eigenvalue weighted by Crippen LogP contribution is 2.29. The van der Waals surface area contributed by atoms with Gasteiger partial charge >= 0.3 is 0 Å². The highest BCUT2D eigenvalue weighted by atomic mass is 16.3. The van der Waals surface area contributed by atoms with Crippen molar-refractivity contribution in [2.45, 2.75) is 13.5 Å². The molecule has 0 fully saturated rings. The fourth-order valence-electron chi connectivity index (χ4n) is 1.51. The first-order valence-electron chi connectivity index (χ1n) is 5.08. The Morgan fingerprint density at radius 2 is 1.82 bits per heavy atom. The molecule has 0 saturated heterocycles. The van der Waals surface area contributed by atoms with Crippen molar-refractivity contribution in [3.05, 3.63) is 35.7 Å². The van der Waals surface area contributed by atoms with Crippen LogP contribution >= 0.6 is 0 Å². The number of phenols is 2. The number of phenolic OH excluding ortho intramolecular Hbond substituents is 2. The first-order chi connectivity index (χ1) is 8.10. The molecule has 0 saturated carbocycles. The zero-order chi connectivity index (χ0) is 12.4. The summed E-state index contributed by atoms with van der Waals surface area (Å²) in [6, 6.07) is 6.04. The van der Waals surface area contributed by atoms with Crippen LogP contribution in [-0.4, -0.2) is 25.3 Å². The molecule has 88 valence electrons. The van der Waals surface area contributed by atoms with Gasteiger partial charge in [-0.15, -0.1) is 0 Å². The Morgan fingerprint density at radius 1 is 1.06 bits per heavy atom. The normalized spacial score (nSPS) is 10.5. The van der Waals surface area contributed by atoms with Gasteiger partial charge in [-0.2, -0.15) is 0 Å². The van der Waals surface area contributed by atoms with Gasteiger partial charge in [-0.1, -0.05) is 0 Å². The van der Waals surface area contributed by atoms with Crippen molar-refractivity contribution in [1.29, 1.82) is 0 Å². The van der Waals surface area contributed by atoms with Crippen molar-refractivity contribution >= 4 is 0 Å². The fraction of sp³-hybridized carbons (Fsp3) is 0.167. The number of aromatic nitrogens is 2. The van der Waals surface area contributed by atoms with Crippen LogP contribution in [0.3, 0.4) is 0 Å². The molecule has 0 atom stereocenters. The van der Waals surface area contributed by atoms with Gasteiger partial charge in [-0.25, -0.2) is 9.97 Å². The monoisotopic (exact) mass is 232 g/mol. The Balaban J connectivity index is 2.52. The molecule has 0 bridgehead atoms. The lowest BCUT2D eigenvalue weighted by Gasteiger charge is -2.05. The summed E-state index contributed by atoms with van der Waals surface area (Å²) in [5.74, 6) is -0.00807. The zero-order valence-electron chi connectivity index (χ0n) is 9.25. The lowest BCUT2D eigenvalue weighted by molar-refractivity contribution is 0.276. The molecule has 0 aliphatic rings. The van der Waals surface area contributed by atoms with E-state index in [4.69, 9.17) is 5.11 Å². The van der Waals surface area contributed by atoms with Gasteiger partial charge in [0.05, 0.1) is 12.3 Å². The molecule has 0 spiro atoms. The molecular formula is C12H12N2O3. The fourth-order valence-corrected chi connectivity index (χ4v) is 1.51. The van der Waals surface area contributed by atoms with Crippen LogP contribution in [0.25, 0.3) is 11.4 Å². The standard InChI is InChI=1S/C12H12N2O3/c1-7-4-9(6-15)14-12(13-7)8-2-3-10(16)11(17)5-8/h2-5,15-17H,6H2,1H3. The molecule has 5 nitrogen and oxygen atoms in total. The van der Waals surface area contributed by atoms with Gasteiger partial charge in [0.15, 0.2) is 17.3 Å². The Labute approximate surface area is 98.0 Å². The molecule has 2 aromatic rings. The van der Waals surface area contributed by atoms with E-state index in [1.54, 1.807) is 19.1 Å². The highest BCUT2D eigenvalue weighted by molar-refractivity contribution is 5.60. The third kappa shape index (κ3) is 2.34. The van der Waals surface area contributed by atoms with E-state index in [-0.39, 0.29) is 18.1 Å². The Kier molecular flexibility index (Phi) is 2.93. The molecule has 1 heterocycles. The van der Waals surface area contributed by atoms with Crippen LogP contribution in [0.1, 0.15) is 11.4 Å². The number of hydrogen-bond acceptors (Lipinski definition) is 5. The summed E-state index contributed by atoms with van der Waals surface area (Å²) in [7, 11) is 0. The molecule has 1 aromatic carbocycles. The molecule has 0 radical (unpaired) electrons. The van der Waals surface area contributed by atoms with E-state index < -0.39 is 0 Å². The predicted molar refractivity (Wildman–Crippen MR) is 61.5 cm³/mol. The van der Waals surface area contributed by atoms with Gasteiger partial charge in [0.1, 0.15) is 0 Å². The molecule has 2 rings (SSSR count). The zero-order valence-corrected chi connectivity index (χ0v) is 9.25. The summed E-state index contributed by atoms with van der Waals surface area (Å²) in [6.45, 7) is 1.63. The van der Waals surface area contributed by atoms with Crippen molar-refractivity contribution in [3.8, 4) is 22.9 Å². The SMILES string of the molecule is Cc1cc(CO)nc(-c2ccc(O)c(O)c2)n1. The summed E-state index contributed by atoms with van der Waals surface area (Å²) < 4.78 is 0. The highest BCUT2D eigenvalue weighted by Gasteiger charge is 2.07. The average Bonchev–Trinajstić information content (AvgIpc) is 2.32. The molecule has 5 heteroatoms. The molecule has 0 aliphatic heterocycles. The second kappa shape index (κ2) is 4.39. The van der Waals surface area contributed by atoms with Crippen LogP contribution in [0.15, 0.2) is 24.3 Å². The largest absolute Gasteiger partial charge is 0.504 e. The van der Waals surface area contributed by atoms with Crippen LogP contribution in [0.4, 0.5) is 0 Å². The first kappa shape index (κ1) is 11.3. The molecule has 1 aromatic heterocycles. The van der Waals surface area contributed by atoms with Crippen LogP contribution in [0, 0.1) is 6.92 Å². The van der Waals surface area contributed by atoms with Crippen molar-refractivity contribution in [1.82, 2.24) is 9.97 Å². The van der Waals surface area contributed by atoms with E-state index in [1.165, 1.54) is 12.1 Å². The Bertz CT molecular complexity index is 555. The molecule has 3 N–H and O–H groups in total. The average molecular weight is 232 g/mol. The van der Waals surface area contributed by atoms with Gasteiger partial charge in [0.25, 0.3) is 0 Å². The van der Waals surface area contributed by atoms with Crippen LogP contribution in [0.2, 0.25) is 0 Å². The number of rotatable bonds is 2. The number of aromatic hydroxyl groups is 2. The molecule has 0 unspecified atom stereocenters. The second-order valence-corrected chi connectivity index (χ2v) is 3.69. The molecule has 0 amide bonds. The number of aliphatic hydroxyl groups is 1. The van der Waals surface area contributed by atoms with Crippen molar-refractivity contribution in [2.24, 2.45) is 0 Å². The number of aryl methyl sites for hydroxylation is 1. The minimum absolute atomic E-state index is 0.166. The van der Waals surface area contributed by atoms with Crippen molar-refractivity contribution in [2.75, 3.05) is 0 Å². The van der Waals surface area contributed by atoms with Gasteiger partial charge in [-0.05, 0) is 31.2 Å². The van der Waals surface area contributed by atoms with Gasteiger partial charge in [0, 0.05) is 11.3 Å². The minimum atomic E-state index is -0.224. The number of aliphatic hydroxyl groups excluding tert-OH is 1. The lowest BCUT2D eigenvalue weighted by atomic mass is 10.2. The maximum Gasteiger partial charge on any atom is 0.159 e. The van der Waals surface area contributed by atoms with E-state index in [0.29, 0.717) is 17.1 Å². The maximum absolute atomic E-state index is 9.40. The van der Waals surface area contributed by atoms with Crippen LogP contribution in [0.5, 0.6) is 11.5 Å². The smallest absolute Gasteiger partial charge is 0.159 e. The van der Waals surface area contributed by atoms with Gasteiger partial charge < -0.3 is 15.3 Å². The predicted octanol–water partition coefficient (Wildman–Crippen LogP) is 1.36. The van der Waals surface area contributed by atoms with Crippen molar-refractivity contribution < 1.29 is 15.3 Å².